The molecule has 98 valence electrons. The van der Waals surface area contributed by atoms with Crippen LogP contribution in [0.3, 0.4) is 0 Å². The third kappa shape index (κ3) is 3.23. The third-order valence-electron chi connectivity index (χ3n) is 2.63. The lowest BCUT2D eigenvalue weighted by molar-refractivity contribution is 0.178. The maximum atomic E-state index is 10.2. The van der Waals surface area contributed by atoms with Crippen LogP contribution < -0.4 is 0 Å². The molecule has 0 bridgehead atoms. The normalized spacial score (nSPS) is 12.9. The molecule has 6 heteroatoms. The summed E-state index contributed by atoms with van der Waals surface area (Å²) in [7, 11) is 0. The number of aromatic nitrogens is 2. The minimum absolute atomic E-state index is 0.504. The van der Waals surface area contributed by atoms with Crippen molar-refractivity contribution in [1.82, 2.24) is 9.55 Å². The van der Waals surface area contributed by atoms with Gasteiger partial charge in [-0.3, -0.25) is 0 Å². The standard InChI is InChI=1S/C12H14Br2N2OS/c1-2-4-16-5-3-15-11(16)7-9(17)10-6-8(13)12(14)18-10/h3,5-6,9,17H,2,4,7H2,1H3. The summed E-state index contributed by atoms with van der Waals surface area (Å²) in [6.45, 7) is 3.08. The monoisotopic (exact) mass is 392 g/mol. The molecular weight excluding hydrogens is 380 g/mol. The van der Waals surface area contributed by atoms with Crippen LogP contribution in [0.25, 0.3) is 0 Å². The first kappa shape index (κ1) is 14.2. The van der Waals surface area contributed by atoms with Gasteiger partial charge in [0, 0.05) is 34.7 Å². The van der Waals surface area contributed by atoms with Gasteiger partial charge in [0.05, 0.1) is 9.89 Å². The molecule has 0 aromatic carbocycles. The van der Waals surface area contributed by atoms with Crippen LogP contribution in [-0.4, -0.2) is 14.7 Å². The number of aryl methyl sites for hydroxylation is 1. The average Bonchev–Trinajstić information content (AvgIpc) is 2.88. The number of thiophene rings is 1. The number of aliphatic hydroxyl groups is 1. The zero-order chi connectivity index (χ0) is 13.1. The second-order valence-corrected chi connectivity index (χ2v) is 7.28. The molecule has 18 heavy (non-hydrogen) atoms. The Hall–Kier alpha value is -0.170. The highest BCUT2D eigenvalue weighted by molar-refractivity contribution is 9.13. The van der Waals surface area contributed by atoms with Crippen molar-refractivity contribution in [2.24, 2.45) is 0 Å². The van der Waals surface area contributed by atoms with E-state index in [1.54, 1.807) is 17.5 Å². The first-order valence-electron chi connectivity index (χ1n) is 5.74. The lowest BCUT2D eigenvalue weighted by atomic mass is 10.2. The van der Waals surface area contributed by atoms with Crippen LogP contribution in [0.4, 0.5) is 0 Å². The van der Waals surface area contributed by atoms with Crippen LogP contribution in [0, 0.1) is 0 Å². The predicted octanol–water partition coefficient (Wildman–Crippen LogP) is 4.16. The van der Waals surface area contributed by atoms with Gasteiger partial charge in [0.25, 0.3) is 0 Å². The zero-order valence-corrected chi connectivity index (χ0v) is 13.9. The van der Waals surface area contributed by atoms with Gasteiger partial charge in [-0.2, -0.15) is 0 Å². The van der Waals surface area contributed by atoms with E-state index < -0.39 is 6.10 Å². The van der Waals surface area contributed by atoms with Gasteiger partial charge < -0.3 is 9.67 Å². The number of halogens is 2. The van der Waals surface area contributed by atoms with Crippen molar-refractivity contribution in [2.45, 2.75) is 32.4 Å². The van der Waals surface area contributed by atoms with E-state index in [9.17, 15) is 5.11 Å². The Kier molecular flexibility index (Phi) is 5.00. The molecule has 0 saturated carbocycles. The quantitative estimate of drug-likeness (QED) is 0.828. The molecule has 1 atom stereocenters. The van der Waals surface area contributed by atoms with Gasteiger partial charge in [-0.15, -0.1) is 11.3 Å². The Bertz CT molecular complexity index is 504. The topological polar surface area (TPSA) is 38.0 Å². The highest BCUT2D eigenvalue weighted by atomic mass is 79.9. The van der Waals surface area contributed by atoms with E-state index in [0.717, 1.165) is 31.9 Å². The number of hydrogen-bond acceptors (Lipinski definition) is 3. The summed E-state index contributed by atoms with van der Waals surface area (Å²) in [5.74, 6) is 0.935. The van der Waals surface area contributed by atoms with Gasteiger partial charge in [-0.1, -0.05) is 6.92 Å². The van der Waals surface area contributed by atoms with Gasteiger partial charge in [-0.25, -0.2) is 4.98 Å². The summed E-state index contributed by atoms with van der Waals surface area (Å²) in [6.07, 6.45) is 4.86. The van der Waals surface area contributed by atoms with E-state index in [1.165, 1.54) is 0 Å². The fourth-order valence-electron chi connectivity index (χ4n) is 1.78. The minimum atomic E-state index is -0.504. The van der Waals surface area contributed by atoms with Crippen LogP contribution in [-0.2, 0) is 13.0 Å². The smallest absolute Gasteiger partial charge is 0.111 e. The number of nitrogens with zero attached hydrogens (tertiary/aromatic N) is 2. The lowest BCUT2D eigenvalue weighted by Gasteiger charge is -2.10. The maximum Gasteiger partial charge on any atom is 0.111 e. The van der Waals surface area contributed by atoms with E-state index in [2.05, 4.69) is 48.3 Å². The molecule has 0 radical (unpaired) electrons. The van der Waals surface area contributed by atoms with E-state index in [-0.39, 0.29) is 0 Å². The molecule has 3 nitrogen and oxygen atoms in total. The van der Waals surface area contributed by atoms with Gasteiger partial charge in [0.1, 0.15) is 5.82 Å². The van der Waals surface area contributed by atoms with Gasteiger partial charge in [0.2, 0.25) is 0 Å². The van der Waals surface area contributed by atoms with E-state index >= 15 is 0 Å². The molecule has 0 aliphatic carbocycles. The largest absolute Gasteiger partial charge is 0.387 e. The highest BCUT2D eigenvalue weighted by Crippen LogP contribution is 2.36. The predicted molar refractivity (Wildman–Crippen MR) is 80.9 cm³/mol. The van der Waals surface area contributed by atoms with Crippen molar-refractivity contribution in [3.05, 3.63) is 37.4 Å². The number of imidazole rings is 1. The lowest BCUT2D eigenvalue weighted by Crippen LogP contribution is -2.08. The van der Waals surface area contributed by atoms with E-state index in [1.807, 2.05) is 12.3 Å². The van der Waals surface area contributed by atoms with E-state index in [4.69, 9.17) is 0 Å². The van der Waals surface area contributed by atoms with E-state index in [0.29, 0.717) is 6.42 Å². The SMILES string of the molecule is CCCn1ccnc1CC(O)c1cc(Br)c(Br)s1. The highest BCUT2D eigenvalue weighted by Gasteiger charge is 2.16. The third-order valence-corrected chi connectivity index (χ3v) is 5.99. The van der Waals surface area contributed by atoms with Gasteiger partial charge in [-0.05, 0) is 44.3 Å². The van der Waals surface area contributed by atoms with Gasteiger partial charge >= 0.3 is 0 Å². The molecule has 0 aliphatic rings. The summed E-state index contributed by atoms with van der Waals surface area (Å²) < 4.78 is 4.09. The Morgan fingerprint density at radius 2 is 2.28 bits per heavy atom. The molecule has 2 aromatic rings. The summed E-state index contributed by atoms with van der Waals surface area (Å²) in [4.78, 5) is 5.26. The van der Waals surface area contributed by atoms with Crippen LogP contribution in [0.5, 0.6) is 0 Å². The molecule has 0 aliphatic heterocycles. The van der Waals surface area contributed by atoms with Crippen molar-refractivity contribution in [2.75, 3.05) is 0 Å². The molecule has 0 spiro atoms. The first-order chi connectivity index (χ1) is 8.61. The van der Waals surface area contributed by atoms with Crippen LogP contribution in [0.1, 0.15) is 30.2 Å². The van der Waals surface area contributed by atoms with Crippen LogP contribution in [0.15, 0.2) is 26.7 Å². The molecule has 2 rings (SSSR count). The van der Waals surface area contributed by atoms with Crippen LogP contribution in [0.2, 0.25) is 0 Å². The molecule has 0 fully saturated rings. The summed E-state index contributed by atoms with van der Waals surface area (Å²) in [5, 5.41) is 10.2. The first-order valence-corrected chi connectivity index (χ1v) is 8.15. The summed E-state index contributed by atoms with van der Waals surface area (Å²) in [5.41, 5.74) is 0. The molecule has 0 amide bonds. The molecule has 2 heterocycles. The second kappa shape index (κ2) is 6.32. The van der Waals surface area contributed by atoms with Gasteiger partial charge in [0.15, 0.2) is 0 Å². The number of aliphatic hydroxyl groups excluding tert-OH is 1. The second-order valence-electron chi connectivity index (χ2n) is 4.03. The molecule has 2 aromatic heterocycles. The number of hydrogen-bond donors (Lipinski definition) is 1. The maximum absolute atomic E-state index is 10.2. The Morgan fingerprint density at radius 3 is 2.89 bits per heavy atom. The van der Waals surface area contributed by atoms with Crippen molar-refractivity contribution in [3.63, 3.8) is 0 Å². The Labute approximate surface area is 127 Å². The molecule has 0 saturated heterocycles. The zero-order valence-electron chi connectivity index (χ0n) is 9.94. The average molecular weight is 394 g/mol. The fourth-order valence-corrected chi connectivity index (χ4v) is 3.85. The number of rotatable bonds is 5. The fraction of sp³-hybridized carbons (Fsp3) is 0.417. The summed E-state index contributed by atoms with van der Waals surface area (Å²) in [6, 6.07) is 1.95. The molecule has 1 N–H and O–H groups in total. The van der Waals surface area contributed by atoms with Crippen molar-refractivity contribution >= 4 is 43.2 Å². The molecular formula is C12H14Br2N2OS. The minimum Gasteiger partial charge on any atom is -0.387 e. The van der Waals surface area contributed by atoms with Crippen molar-refractivity contribution in [3.8, 4) is 0 Å². The van der Waals surface area contributed by atoms with Crippen LogP contribution >= 0.6 is 43.2 Å². The summed E-state index contributed by atoms with van der Waals surface area (Å²) >= 11 is 8.42. The Balaban J connectivity index is 2.10. The van der Waals surface area contributed by atoms with Crippen molar-refractivity contribution in [1.29, 1.82) is 0 Å². The van der Waals surface area contributed by atoms with Crippen molar-refractivity contribution < 1.29 is 5.11 Å². The Morgan fingerprint density at radius 1 is 1.50 bits per heavy atom. The molecule has 1 unspecified atom stereocenters.